The van der Waals surface area contributed by atoms with Gasteiger partial charge >= 0.3 is 5.97 Å². The maximum atomic E-state index is 10.8. The van der Waals surface area contributed by atoms with Crippen LogP contribution in [0.5, 0.6) is 0 Å². The summed E-state index contributed by atoms with van der Waals surface area (Å²) >= 11 is 0. The van der Waals surface area contributed by atoms with E-state index >= 15 is 0 Å². The zero-order valence-electron chi connectivity index (χ0n) is 8.64. The van der Waals surface area contributed by atoms with Crippen LogP contribution in [0.25, 0.3) is 0 Å². The second kappa shape index (κ2) is 3.51. The van der Waals surface area contributed by atoms with E-state index in [0.29, 0.717) is 6.04 Å². The fourth-order valence-electron chi connectivity index (χ4n) is 2.73. The summed E-state index contributed by atoms with van der Waals surface area (Å²) in [5.41, 5.74) is 0. The number of aliphatic hydroxyl groups excluding tert-OH is 1. The summed E-state index contributed by atoms with van der Waals surface area (Å²) in [6.07, 6.45) is 2.22. The average Bonchev–Trinajstić information content (AvgIpc) is 2.29. The topological polar surface area (TPSA) is 49.8 Å². The summed E-state index contributed by atoms with van der Waals surface area (Å²) in [4.78, 5) is 13.0. The Labute approximate surface area is 83.8 Å². The van der Waals surface area contributed by atoms with Crippen molar-refractivity contribution in [1.82, 2.24) is 4.90 Å². The molecule has 14 heavy (non-hydrogen) atoms. The molecular formula is C10H17NO3. The molecule has 0 radical (unpaired) electrons. The summed E-state index contributed by atoms with van der Waals surface area (Å²) in [7, 11) is 2.04. The van der Waals surface area contributed by atoms with Crippen molar-refractivity contribution in [2.24, 2.45) is 0 Å². The highest BCUT2D eigenvalue weighted by molar-refractivity contribution is 5.66. The van der Waals surface area contributed by atoms with Crippen LogP contribution in [0.3, 0.4) is 0 Å². The first kappa shape index (κ1) is 9.93. The van der Waals surface area contributed by atoms with Crippen molar-refractivity contribution in [3.8, 4) is 0 Å². The normalized spacial score (nSPS) is 42.5. The molecule has 4 heteroatoms. The Morgan fingerprint density at radius 3 is 2.71 bits per heavy atom. The number of carbonyl (C=O) groups excluding carboxylic acids is 1. The van der Waals surface area contributed by atoms with E-state index < -0.39 is 0 Å². The SMILES string of the molecule is CC(=O)OC1CC2CC(O)C(C1)N2C. The quantitative estimate of drug-likeness (QED) is 0.610. The predicted molar refractivity (Wildman–Crippen MR) is 50.8 cm³/mol. The minimum atomic E-state index is -0.245. The number of rotatable bonds is 1. The molecule has 0 aromatic heterocycles. The van der Waals surface area contributed by atoms with Crippen LogP contribution < -0.4 is 0 Å². The molecule has 4 atom stereocenters. The van der Waals surface area contributed by atoms with E-state index in [4.69, 9.17) is 4.74 Å². The van der Waals surface area contributed by atoms with Crippen molar-refractivity contribution in [3.05, 3.63) is 0 Å². The van der Waals surface area contributed by atoms with Gasteiger partial charge in [-0.1, -0.05) is 0 Å². The Hall–Kier alpha value is -0.610. The van der Waals surface area contributed by atoms with E-state index in [-0.39, 0.29) is 24.2 Å². The molecule has 0 aliphatic carbocycles. The molecule has 4 unspecified atom stereocenters. The summed E-state index contributed by atoms with van der Waals surface area (Å²) in [6, 6.07) is 0.561. The highest BCUT2D eigenvalue weighted by Crippen LogP contribution is 2.35. The van der Waals surface area contributed by atoms with Gasteiger partial charge in [0, 0.05) is 31.8 Å². The highest BCUT2D eigenvalue weighted by atomic mass is 16.5. The van der Waals surface area contributed by atoms with Gasteiger partial charge in [-0.05, 0) is 13.5 Å². The van der Waals surface area contributed by atoms with Gasteiger partial charge < -0.3 is 9.84 Å². The first-order valence-corrected chi connectivity index (χ1v) is 5.15. The Kier molecular flexibility index (Phi) is 2.49. The minimum absolute atomic E-state index is 0.0100. The Bertz CT molecular complexity index is 244. The number of hydrogen-bond acceptors (Lipinski definition) is 4. The largest absolute Gasteiger partial charge is 0.462 e. The molecule has 2 aliphatic rings. The molecule has 0 saturated carbocycles. The molecule has 2 heterocycles. The molecule has 2 rings (SSSR count). The van der Waals surface area contributed by atoms with Crippen LogP contribution in [-0.4, -0.2) is 47.3 Å². The summed E-state index contributed by atoms with van der Waals surface area (Å²) in [6.45, 7) is 1.44. The molecule has 1 N–H and O–H groups in total. The van der Waals surface area contributed by atoms with Gasteiger partial charge in [-0.2, -0.15) is 0 Å². The van der Waals surface area contributed by atoms with Gasteiger partial charge in [-0.3, -0.25) is 9.69 Å². The lowest BCUT2D eigenvalue weighted by atomic mass is 10.0. The van der Waals surface area contributed by atoms with Crippen molar-refractivity contribution in [1.29, 1.82) is 0 Å². The third-order valence-electron chi connectivity index (χ3n) is 3.43. The van der Waals surface area contributed by atoms with Crippen LogP contribution in [0.2, 0.25) is 0 Å². The van der Waals surface area contributed by atoms with Crippen LogP contribution >= 0.6 is 0 Å². The molecule has 0 aromatic rings. The van der Waals surface area contributed by atoms with Gasteiger partial charge in [-0.15, -0.1) is 0 Å². The zero-order valence-corrected chi connectivity index (χ0v) is 8.64. The van der Waals surface area contributed by atoms with Crippen LogP contribution in [0.4, 0.5) is 0 Å². The smallest absolute Gasteiger partial charge is 0.302 e. The lowest BCUT2D eigenvalue weighted by molar-refractivity contribution is -0.149. The van der Waals surface area contributed by atoms with E-state index in [1.54, 1.807) is 0 Å². The van der Waals surface area contributed by atoms with Crippen LogP contribution in [-0.2, 0) is 9.53 Å². The third-order valence-corrected chi connectivity index (χ3v) is 3.43. The second-order valence-electron chi connectivity index (χ2n) is 4.39. The summed E-state index contributed by atoms with van der Waals surface area (Å²) in [5, 5.41) is 9.74. The first-order chi connectivity index (χ1) is 6.58. The second-order valence-corrected chi connectivity index (χ2v) is 4.39. The molecule has 2 aliphatic heterocycles. The van der Waals surface area contributed by atoms with Crippen molar-refractivity contribution < 1.29 is 14.6 Å². The van der Waals surface area contributed by atoms with Crippen molar-refractivity contribution in [2.75, 3.05) is 7.05 Å². The Balaban J connectivity index is 2.00. The fourth-order valence-corrected chi connectivity index (χ4v) is 2.73. The number of ether oxygens (including phenoxy) is 1. The monoisotopic (exact) mass is 199 g/mol. The number of carbonyl (C=O) groups is 1. The maximum Gasteiger partial charge on any atom is 0.302 e. The molecule has 0 spiro atoms. The molecule has 80 valence electrons. The van der Waals surface area contributed by atoms with Crippen molar-refractivity contribution >= 4 is 5.97 Å². The molecule has 2 saturated heterocycles. The summed E-state index contributed by atoms with van der Waals surface area (Å²) in [5.74, 6) is -0.214. The van der Waals surface area contributed by atoms with E-state index in [1.165, 1.54) is 6.92 Å². The number of fused-ring (bicyclic) bond motifs is 2. The van der Waals surface area contributed by atoms with Crippen LogP contribution in [0, 0.1) is 0 Å². The number of hydrogen-bond donors (Lipinski definition) is 1. The standard InChI is InChI=1S/C10H17NO3/c1-6(12)14-8-3-7-4-10(13)9(5-8)11(7)2/h7-10,13H,3-5H2,1-2H3. The Morgan fingerprint density at radius 2 is 2.14 bits per heavy atom. The van der Waals surface area contributed by atoms with E-state index in [9.17, 15) is 9.90 Å². The van der Waals surface area contributed by atoms with Crippen LogP contribution in [0.1, 0.15) is 26.2 Å². The third kappa shape index (κ3) is 1.64. The van der Waals surface area contributed by atoms with Gasteiger partial charge in [0.05, 0.1) is 6.10 Å². The zero-order chi connectivity index (χ0) is 10.3. The number of likely N-dealkylation sites (N-methyl/N-ethyl adjacent to an activating group) is 1. The van der Waals surface area contributed by atoms with E-state index in [2.05, 4.69) is 4.90 Å². The first-order valence-electron chi connectivity index (χ1n) is 5.15. The summed E-state index contributed by atoms with van der Waals surface area (Å²) < 4.78 is 5.19. The lowest BCUT2D eigenvalue weighted by Crippen LogP contribution is -2.45. The molecular weight excluding hydrogens is 182 g/mol. The number of nitrogens with zero attached hydrogens (tertiary/aromatic N) is 1. The van der Waals surface area contributed by atoms with Gasteiger partial charge in [0.2, 0.25) is 0 Å². The van der Waals surface area contributed by atoms with E-state index in [1.807, 2.05) is 7.05 Å². The van der Waals surface area contributed by atoms with Gasteiger partial charge in [-0.25, -0.2) is 0 Å². The highest BCUT2D eigenvalue weighted by Gasteiger charge is 2.45. The Morgan fingerprint density at radius 1 is 1.43 bits per heavy atom. The van der Waals surface area contributed by atoms with Gasteiger partial charge in [0.1, 0.15) is 6.10 Å². The molecule has 4 nitrogen and oxygen atoms in total. The molecule has 2 fully saturated rings. The molecule has 2 bridgehead atoms. The lowest BCUT2D eigenvalue weighted by Gasteiger charge is -2.35. The van der Waals surface area contributed by atoms with Gasteiger partial charge in [0.25, 0.3) is 0 Å². The molecule has 0 aromatic carbocycles. The molecule has 0 amide bonds. The number of aliphatic hydroxyl groups is 1. The van der Waals surface area contributed by atoms with Crippen LogP contribution in [0.15, 0.2) is 0 Å². The fraction of sp³-hybridized carbons (Fsp3) is 0.900. The van der Waals surface area contributed by atoms with E-state index in [0.717, 1.165) is 19.3 Å². The number of piperidine rings is 1. The minimum Gasteiger partial charge on any atom is -0.462 e. The maximum absolute atomic E-state index is 10.8. The van der Waals surface area contributed by atoms with Crippen molar-refractivity contribution in [2.45, 2.75) is 50.5 Å². The number of esters is 1. The predicted octanol–water partition coefficient (Wildman–Crippen LogP) is 0.145. The van der Waals surface area contributed by atoms with Gasteiger partial charge in [0.15, 0.2) is 0 Å². The average molecular weight is 199 g/mol. The van der Waals surface area contributed by atoms with Crippen molar-refractivity contribution in [3.63, 3.8) is 0 Å².